The fourth-order valence-electron chi connectivity index (χ4n) is 3.55. The molecular weight excluding hydrogens is 450 g/mol. The Balaban J connectivity index is 1.35. The highest BCUT2D eigenvalue weighted by Crippen LogP contribution is 2.34. The number of anilines is 1. The molecule has 0 aliphatic carbocycles. The van der Waals surface area contributed by atoms with Gasteiger partial charge in [-0.3, -0.25) is 9.59 Å². The van der Waals surface area contributed by atoms with Gasteiger partial charge >= 0.3 is 0 Å². The molecule has 0 saturated heterocycles. The lowest BCUT2D eigenvalue weighted by atomic mass is 9.84. The number of nitrogens with zero attached hydrogens (tertiary/aromatic N) is 1. The maximum absolute atomic E-state index is 13.0. The molecular formula is C26H27N3O4S. The summed E-state index contributed by atoms with van der Waals surface area (Å²) >= 11 is 1.22. The molecule has 2 N–H and O–H groups in total. The smallest absolute Gasteiger partial charge is 0.254 e. The van der Waals surface area contributed by atoms with E-state index in [1.807, 2.05) is 6.07 Å². The summed E-state index contributed by atoms with van der Waals surface area (Å²) in [5, 5.41) is 6.37. The summed E-state index contributed by atoms with van der Waals surface area (Å²) < 4.78 is 10.6. The first-order valence-electron chi connectivity index (χ1n) is 10.9. The number of aromatic nitrogens is 1. The fraction of sp³-hybridized carbons (Fsp3) is 0.269. The standard InChI is InChI=1S/C26H27N3O4S/c1-17-6-4-7-18(12-17)26(2,3)15-28-24(31)20-8-5-11-27-25(20)34-14-23(30)29-19-9-10-21-22(13-19)33-16-32-21/h4-13H,14-16H2,1-3H3,(H,28,31)(H,29,30). The van der Waals surface area contributed by atoms with Crippen molar-refractivity contribution in [3.8, 4) is 11.5 Å². The molecule has 0 unspecified atom stereocenters. The van der Waals surface area contributed by atoms with Crippen LogP contribution in [0.5, 0.6) is 11.5 Å². The number of hydrogen-bond donors (Lipinski definition) is 2. The molecule has 0 bridgehead atoms. The Morgan fingerprint density at radius 3 is 2.71 bits per heavy atom. The molecule has 2 heterocycles. The van der Waals surface area contributed by atoms with E-state index < -0.39 is 0 Å². The lowest BCUT2D eigenvalue weighted by Crippen LogP contribution is -2.37. The van der Waals surface area contributed by atoms with Crippen LogP contribution in [0.1, 0.15) is 35.3 Å². The number of aryl methyl sites for hydroxylation is 1. The second kappa shape index (κ2) is 10.2. The lowest BCUT2D eigenvalue weighted by Gasteiger charge is -2.26. The van der Waals surface area contributed by atoms with Crippen molar-refractivity contribution in [1.82, 2.24) is 10.3 Å². The topological polar surface area (TPSA) is 89.6 Å². The van der Waals surface area contributed by atoms with Crippen LogP contribution in [-0.2, 0) is 10.2 Å². The molecule has 3 aromatic rings. The maximum Gasteiger partial charge on any atom is 0.254 e. The summed E-state index contributed by atoms with van der Waals surface area (Å²) in [4.78, 5) is 29.8. The van der Waals surface area contributed by atoms with Crippen molar-refractivity contribution in [2.45, 2.75) is 31.2 Å². The van der Waals surface area contributed by atoms with Crippen LogP contribution >= 0.6 is 11.8 Å². The monoisotopic (exact) mass is 477 g/mol. The number of rotatable bonds is 8. The number of benzene rings is 2. The molecule has 0 atom stereocenters. The van der Waals surface area contributed by atoms with Gasteiger partial charge in [-0.1, -0.05) is 55.4 Å². The zero-order valence-corrected chi connectivity index (χ0v) is 20.2. The first-order chi connectivity index (χ1) is 16.3. The van der Waals surface area contributed by atoms with Gasteiger partial charge in [-0.25, -0.2) is 4.98 Å². The van der Waals surface area contributed by atoms with Crippen molar-refractivity contribution in [2.24, 2.45) is 0 Å². The van der Waals surface area contributed by atoms with Crippen LogP contribution in [-0.4, -0.2) is 35.9 Å². The Morgan fingerprint density at radius 1 is 1.06 bits per heavy atom. The van der Waals surface area contributed by atoms with Crippen molar-refractivity contribution >= 4 is 29.3 Å². The van der Waals surface area contributed by atoms with Gasteiger partial charge in [-0.15, -0.1) is 0 Å². The van der Waals surface area contributed by atoms with Gasteiger partial charge in [0.15, 0.2) is 11.5 Å². The highest BCUT2D eigenvalue weighted by molar-refractivity contribution is 8.00. The molecule has 0 fully saturated rings. The summed E-state index contributed by atoms with van der Waals surface area (Å²) in [5.74, 6) is 0.944. The minimum absolute atomic E-state index is 0.112. The highest BCUT2D eigenvalue weighted by atomic mass is 32.2. The van der Waals surface area contributed by atoms with Crippen molar-refractivity contribution in [1.29, 1.82) is 0 Å². The number of amides is 2. The zero-order chi connectivity index (χ0) is 24.1. The fourth-order valence-corrected chi connectivity index (χ4v) is 4.34. The van der Waals surface area contributed by atoms with Crippen LogP contribution in [0.3, 0.4) is 0 Å². The van der Waals surface area contributed by atoms with Crippen LogP contribution in [0.2, 0.25) is 0 Å². The van der Waals surface area contributed by atoms with Gasteiger partial charge < -0.3 is 20.1 Å². The van der Waals surface area contributed by atoms with Crippen LogP contribution in [0.4, 0.5) is 5.69 Å². The van der Waals surface area contributed by atoms with E-state index in [0.717, 1.165) is 5.56 Å². The van der Waals surface area contributed by atoms with Crippen LogP contribution in [0.15, 0.2) is 65.8 Å². The normalized spacial score (nSPS) is 12.3. The van der Waals surface area contributed by atoms with E-state index in [1.54, 1.807) is 36.5 Å². The average molecular weight is 478 g/mol. The molecule has 0 spiro atoms. The molecule has 1 aliphatic heterocycles. The van der Waals surface area contributed by atoms with Crippen molar-refractivity contribution in [2.75, 3.05) is 24.4 Å². The Kier molecular flexibility index (Phi) is 7.07. The number of carbonyl (C=O) groups excluding carboxylic acids is 2. The quantitative estimate of drug-likeness (QED) is 0.463. The number of nitrogens with one attached hydrogen (secondary N) is 2. The minimum Gasteiger partial charge on any atom is -0.454 e. The third-order valence-corrected chi connectivity index (χ3v) is 6.51. The van der Waals surface area contributed by atoms with E-state index >= 15 is 0 Å². The van der Waals surface area contributed by atoms with Crippen LogP contribution in [0.25, 0.3) is 0 Å². The molecule has 34 heavy (non-hydrogen) atoms. The molecule has 2 amide bonds. The minimum atomic E-state index is -0.234. The van der Waals surface area contributed by atoms with E-state index in [9.17, 15) is 9.59 Å². The average Bonchev–Trinajstić information content (AvgIpc) is 3.29. The van der Waals surface area contributed by atoms with Crippen molar-refractivity contribution in [3.63, 3.8) is 0 Å². The van der Waals surface area contributed by atoms with Gasteiger partial charge in [-0.05, 0) is 36.8 Å². The third-order valence-electron chi connectivity index (χ3n) is 5.50. The Labute approximate surface area is 203 Å². The number of pyridine rings is 1. The molecule has 7 nitrogen and oxygen atoms in total. The molecule has 1 aliphatic rings. The van der Waals surface area contributed by atoms with Gasteiger partial charge in [0.05, 0.1) is 11.3 Å². The molecule has 8 heteroatoms. The SMILES string of the molecule is Cc1cccc(C(C)(C)CNC(=O)c2cccnc2SCC(=O)Nc2ccc3c(c2)OCO3)c1. The van der Waals surface area contributed by atoms with Gasteiger partial charge in [0.25, 0.3) is 5.91 Å². The number of fused-ring (bicyclic) bond motifs is 1. The van der Waals surface area contributed by atoms with Gasteiger partial charge in [0.1, 0.15) is 5.03 Å². The van der Waals surface area contributed by atoms with Crippen LogP contribution in [0, 0.1) is 6.92 Å². The predicted molar refractivity (Wildman–Crippen MR) is 133 cm³/mol. The Hall–Kier alpha value is -3.52. The summed E-state index contributed by atoms with van der Waals surface area (Å²) in [5.41, 5.74) is 3.17. The molecule has 0 radical (unpaired) electrons. The van der Waals surface area contributed by atoms with Crippen molar-refractivity contribution < 1.29 is 19.1 Å². The number of carbonyl (C=O) groups is 2. The largest absolute Gasteiger partial charge is 0.454 e. The van der Waals surface area contributed by atoms with E-state index in [1.165, 1.54) is 17.3 Å². The number of thioether (sulfide) groups is 1. The van der Waals surface area contributed by atoms with E-state index in [0.29, 0.717) is 34.3 Å². The van der Waals surface area contributed by atoms with Gasteiger partial charge in [-0.2, -0.15) is 0 Å². The van der Waals surface area contributed by atoms with E-state index in [4.69, 9.17) is 9.47 Å². The Bertz CT molecular complexity index is 1210. The molecule has 1 aromatic heterocycles. The number of ether oxygens (including phenoxy) is 2. The molecule has 2 aromatic carbocycles. The first-order valence-corrected chi connectivity index (χ1v) is 11.9. The molecule has 176 valence electrons. The lowest BCUT2D eigenvalue weighted by molar-refractivity contribution is -0.113. The third kappa shape index (κ3) is 5.69. The van der Waals surface area contributed by atoms with E-state index in [-0.39, 0.29) is 29.8 Å². The molecule has 4 rings (SSSR count). The zero-order valence-electron chi connectivity index (χ0n) is 19.4. The Morgan fingerprint density at radius 2 is 1.88 bits per heavy atom. The second-order valence-electron chi connectivity index (χ2n) is 8.70. The summed E-state index contributed by atoms with van der Waals surface area (Å²) in [6.45, 7) is 6.90. The number of hydrogen-bond acceptors (Lipinski definition) is 6. The summed E-state index contributed by atoms with van der Waals surface area (Å²) in [6, 6.07) is 17.0. The predicted octanol–water partition coefficient (Wildman–Crippen LogP) is 4.56. The highest BCUT2D eigenvalue weighted by Gasteiger charge is 2.23. The second-order valence-corrected chi connectivity index (χ2v) is 9.66. The van der Waals surface area contributed by atoms with Gasteiger partial charge in [0, 0.05) is 29.9 Å². The summed E-state index contributed by atoms with van der Waals surface area (Å²) in [6.07, 6.45) is 1.62. The van der Waals surface area contributed by atoms with Crippen molar-refractivity contribution in [3.05, 3.63) is 77.5 Å². The van der Waals surface area contributed by atoms with E-state index in [2.05, 4.69) is 54.6 Å². The maximum atomic E-state index is 13.0. The van der Waals surface area contributed by atoms with Gasteiger partial charge in [0.2, 0.25) is 12.7 Å². The summed E-state index contributed by atoms with van der Waals surface area (Å²) in [7, 11) is 0. The molecule has 0 saturated carbocycles. The first kappa shape index (κ1) is 23.6. The van der Waals surface area contributed by atoms with Crippen LogP contribution < -0.4 is 20.1 Å².